The van der Waals surface area contributed by atoms with E-state index >= 15 is 0 Å². The van der Waals surface area contributed by atoms with Crippen molar-refractivity contribution >= 4 is 33.6 Å². The fraction of sp³-hybridized carbons (Fsp3) is 0.333. The van der Waals surface area contributed by atoms with E-state index in [2.05, 4.69) is 20.7 Å². The second-order valence-electron chi connectivity index (χ2n) is 4.75. The van der Waals surface area contributed by atoms with E-state index in [9.17, 15) is 18.4 Å². The lowest BCUT2D eigenvalue weighted by Crippen LogP contribution is -2.39. The number of anilines is 1. The highest BCUT2D eigenvalue weighted by molar-refractivity contribution is 9.10. The van der Waals surface area contributed by atoms with Crippen LogP contribution in [-0.2, 0) is 23.8 Å². The highest BCUT2D eigenvalue weighted by atomic mass is 79.9. The second-order valence-corrected chi connectivity index (χ2v) is 5.61. The van der Waals surface area contributed by atoms with Gasteiger partial charge >= 0.3 is 11.9 Å². The number of rotatable bonds is 4. The molecule has 0 N–H and O–H groups in total. The van der Waals surface area contributed by atoms with E-state index in [1.165, 1.54) is 6.07 Å². The summed E-state index contributed by atoms with van der Waals surface area (Å²) >= 11 is 2.90. The first kappa shape index (κ1) is 19.1. The van der Waals surface area contributed by atoms with Crippen molar-refractivity contribution in [3.05, 3.63) is 33.4 Å². The van der Waals surface area contributed by atoms with Crippen molar-refractivity contribution in [3.63, 3.8) is 0 Å². The Bertz CT molecular complexity index is 752. The van der Waals surface area contributed by atoms with Crippen LogP contribution in [0.15, 0.2) is 21.8 Å². The van der Waals surface area contributed by atoms with Gasteiger partial charge < -0.3 is 23.8 Å². The van der Waals surface area contributed by atoms with Gasteiger partial charge in [0.25, 0.3) is 0 Å². The van der Waals surface area contributed by atoms with E-state index in [0.29, 0.717) is 0 Å². The van der Waals surface area contributed by atoms with E-state index in [-0.39, 0.29) is 34.8 Å². The molecule has 0 fully saturated rings. The van der Waals surface area contributed by atoms with Crippen LogP contribution in [-0.4, -0.2) is 46.6 Å². The Morgan fingerprint density at radius 1 is 1.16 bits per heavy atom. The number of nitrogens with zero attached hydrogens (tertiary/aromatic N) is 1. The van der Waals surface area contributed by atoms with Gasteiger partial charge in [-0.3, -0.25) is 0 Å². The minimum absolute atomic E-state index is 0.0326. The van der Waals surface area contributed by atoms with Gasteiger partial charge in [0.05, 0.1) is 43.7 Å². The van der Waals surface area contributed by atoms with Gasteiger partial charge in [-0.1, -0.05) is 0 Å². The van der Waals surface area contributed by atoms with E-state index in [1.54, 1.807) is 0 Å². The monoisotopic (exact) mass is 421 g/mol. The van der Waals surface area contributed by atoms with Gasteiger partial charge in [0.1, 0.15) is 12.4 Å². The minimum Gasteiger partial charge on any atom is -0.491 e. The van der Waals surface area contributed by atoms with Gasteiger partial charge in [0.2, 0.25) is 5.82 Å². The summed E-state index contributed by atoms with van der Waals surface area (Å²) in [7, 11) is 3.40. The van der Waals surface area contributed by atoms with Crippen LogP contribution in [0.4, 0.5) is 14.5 Å². The van der Waals surface area contributed by atoms with Crippen molar-refractivity contribution < 1.29 is 37.3 Å². The van der Waals surface area contributed by atoms with Crippen molar-refractivity contribution in [2.24, 2.45) is 0 Å². The van der Waals surface area contributed by atoms with E-state index in [4.69, 9.17) is 14.2 Å². The molecule has 1 aliphatic rings. The molecule has 0 amide bonds. The van der Waals surface area contributed by atoms with Crippen LogP contribution in [0, 0.1) is 11.6 Å². The smallest absolute Gasteiger partial charge is 0.355 e. The van der Waals surface area contributed by atoms with Crippen molar-refractivity contribution in [2.75, 3.05) is 39.6 Å². The Balaban J connectivity index is 2.72. The molecule has 0 radical (unpaired) electrons. The van der Waals surface area contributed by atoms with Crippen LogP contribution in [0.2, 0.25) is 0 Å². The molecule has 0 unspecified atom stereocenters. The molecule has 10 heteroatoms. The number of esters is 2. The Morgan fingerprint density at radius 2 is 1.80 bits per heavy atom. The summed E-state index contributed by atoms with van der Waals surface area (Å²) in [6.07, 6.45) is 0. The molecule has 7 nitrogen and oxygen atoms in total. The molecular weight excluding hydrogens is 408 g/mol. The topological polar surface area (TPSA) is 74.3 Å². The lowest BCUT2D eigenvalue weighted by Gasteiger charge is -2.32. The fourth-order valence-electron chi connectivity index (χ4n) is 2.29. The summed E-state index contributed by atoms with van der Waals surface area (Å²) in [4.78, 5) is 25.3. The summed E-state index contributed by atoms with van der Waals surface area (Å²) in [6, 6.07) is 1.20. The molecule has 0 aromatic heterocycles. The molecule has 0 spiro atoms. The predicted octanol–water partition coefficient (Wildman–Crippen LogP) is 2.13. The largest absolute Gasteiger partial charge is 0.491 e. The van der Waals surface area contributed by atoms with Gasteiger partial charge in [0, 0.05) is 0 Å². The highest BCUT2D eigenvalue weighted by Gasteiger charge is 2.35. The average molecular weight is 422 g/mol. The number of carbonyl (C=O) groups is 2. The van der Waals surface area contributed by atoms with Crippen LogP contribution < -0.4 is 9.64 Å². The fourth-order valence-corrected chi connectivity index (χ4v) is 2.69. The third-order valence-electron chi connectivity index (χ3n) is 3.43. The van der Waals surface area contributed by atoms with E-state index in [0.717, 1.165) is 26.2 Å². The lowest BCUT2D eigenvalue weighted by molar-refractivity contribution is -0.140. The summed E-state index contributed by atoms with van der Waals surface area (Å²) < 4.78 is 47.3. The number of ether oxygens (including phenoxy) is 4. The molecule has 2 rings (SSSR count). The molecule has 1 aliphatic heterocycles. The first-order valence-electron chi connectivity index (χ1n) is 6.83. The molecule has 136 valence electrons. The zero-order chi connectivity index (χ0) is 18.7. The van der Waals surface area contributed by atoms with Crippen LogP contribution >= 0.6 is 15.9 Å². The van der Waals surface area contributed by atoms with Crippen LogP contribution in [0.1, 0.15) is 0 Å². The van der Waals surface area contributed by atoms with Crippen LogP contribution in [0.3, 0.4) is 0 Å². The third kappa shape index (κ3) is 3.45. The quantitative estimate of drug-likeness (QED) is 0.544. The molecule has 0 saturated heterocycles. The van der Waals surface area contributed by atoms with Gasteiger partial charge in [-0.2, -0.15) is 4.39 Å². The summed E-state index contributed by atoms with van der Waals surface area (Å²) in [5, 5.41) is 0. The second kappa shape index (κ2) is 7.79. The molecule has 0 atom stereocenters. The Morgan fingerprint density at radius 3 is 2.36 bits per heavy atom. The first-order valence-corrected chi connectivity index (χ1v) is 7.63. The minimum atomic E-state index is -1.26. The molecule has 1 aromatic rings. The van der Waals surface area contributed by atoms with Gasteiger partial charge in [-0.25, -0.2) is 14.0 Å². The standard InChI is InChI=1S/C15H14BrF2NO6/c1-22-13-9(4-8(16)10(17)11(13)18)19-6-25-5-7(14(20)23-2)12(19)15(21)24-3/h4H,5-6H2,1-3H3. The van der Waals surface area contributed by atoms with Gasteiger partial charge in [0.15, 0.2) is 11.6 Å². The van der Waals surface area contributed by atoms with E-state index in [1.807, 2.05) is 0 Å². The number of hydrogen-bond donors (Lipinski definition) is 0. The maximum Gasteiger partial charge on any atom is 0.355 e. The zero-order valence-corrected chi connectivity index (χ0v) is 15.1. The molecule has 25 heavy (non-hydrogen) atoms. The SMILES string of the molecule is COC(=O)C1=C(C(=O)OC)N(c2cc(Br)c(F)c(F)c2OC)COC1. The van der Waals surface area contributed by atoms with Crippen LogP contribution in [0.5, 0.6) is 5.75 Å². The van der Waals surface area contributed by atoms with Gasteiger partial charge in [-0.15, -0.1) is 0 Å². The number of carbonyl (C=O) groups excluding carboxylic acids is 2. The molecule has 1 aromatic carbocycles. The zero-order valence-electron chi connectivity index (χ0n) is 13.5. The number of halogens is 3. The summed E-state index contributed by atoms with van der Waals surface area (Å²) in [6.45, 7) is -0.431. The normalized spacial score (nSPS) is 14.4. The summed E-state index contributed by atoms with van der Waals surface area (Å²) in [5.74, 6) is -4.56. The molecule has 0 saturated carbocycles. The first-order chi connectivity index (χ1) is 11.9. The van der Waals surface area contributed by atoms with E-state index < -0.39 is 29.3 Å². The predicted molar refractivity (Wildman–Crippen MR) is 85.0 cm³/mol. The van der Waals surface area contributed by atoms with Crippen molar-refractivity contribution in [3.8, 4) is 5.75 Å². The molecule has 0 aliphatic carbocycles. The van der Waals surface area contributed by atoms with Crippen molar-refractivity contribution in [1.29, 1.82) is 0 Å². The van der Waals surface area contributed by atoms with Crippen molar-refractivity contribution in [2.45, 2.75) is 0 Å². The Hall–Kier alpha value is -2.20. The maximum atomic E-state index is 14.2. The molecular formula is C15H14BrF2NO6. The lowest BCUT2D eigenvalue weighted by atomic mass is 10.1. The number of methoxy groups -OCH3 is 3. The molecule has 0 bridgehead atoms. The number of benzene rings is 1. The van der Waals surface area contributed by atoms with Crippen molar-refractivity contribution in [1.82, 2.24) is 0 Å². The number of hydrogen-bond acceptors (Lipinski definition) is 7. The third-order valence-corrected chi connectivity index (χ3v) is 4.00. The molecule has 1 heterocycles. The van der Waals surface area contributed by atoms with Gasteiger partial charge in [-0.05, 0) is 22.0 Å². The van der Waals surface area contributed by atoms with Crippen LogP contribution in [0.25, 0.3) is 0 Å². The average Bonchev–Trinajstić information content (AvgIpc) is 2.63. The maximum absolute atomic E-state index is 14.2. The summed E-state index contributed by atoms with van der Waals surface area (Å²) in [5.41, 5.74) is -0.366. The highest BCUT2D eigenvalue weighted by Crippen LogP contribution is 2.39. The Labute approximate surface area is 150 Å². The Kier molecular flexibility index (Phi) is 5.96.